The van der Waals surface area contributed by atoms with Crippen LogP contribution in [0.5, 0.6) is 0 Å². The molecule has 0 saturated heterocycles. The molecule has 5 nitrogen and oxygen atoms in total. The number of thiazole rings is 1. The van der Waals surface area contributed by atoms with Gasteiger partial charge in [-0.05, 0) is 54.7 Å². The van der Waals surface area contributed by atoms with E-state index in [4.69, 9.17) is 35.4 Å². The van der Waals surface area contributed by atoms with Gasteiger partial charge in [-0.1, -0.05) is 53.5 Å². The van der Waals surface area contributed by atoms with Crippen LogP contribution in [0.3, 0.4) is 0 Å². The first-order chi connectivity index (χ1) is 15.5. The van der Waals surface area contributed by atoms with Gasteiger partial charge < -0.3 is 16.0 Å². The van der Waals surface area contributed by atoms with E-state index in [9.17, 15) is 4.79 Å². The molecule has 3 aromatic carbocycles. The van der Waals surface area contributed by atoms with Crippen molar-refractivity contribution in [2.75, 3.05) is 16.0 Å². The Bertz CT molecular complexity index is 1260. The highest BCUT2D eigenvalue weighted by Crippen LogP contribution is 2.26. The van der Waals surface area contributed by atoms with E-state index >= 15 is 0 Å². The molecule has 0 atom stereocenters. The molecule has 0 radical (unpaired) electrons. The van der Waals surface area contributed by atoms with E-state index in [0.29, 0.717) is 26.5 Å². The molecule has 4 aromatic rings. The second-order valence-electron chi connectivity index (χ2n) is 6.64. The van der Waals surface area contributed by atoms with Crippen molar-refractivity contribution in [2.24, 2.45) is 0 Å². The van der Waals surface area contributed by atoms with Gasteiger partial charge in [0.05, 0.1) is 10.0 Å². The smallest absolute Gasteiger partial charge is 0.275 e. The summed E-state index contributed by atoms with van der Waals surface area (Å²) in [4.78, 5) is 17.0. The summed E-state index contributed by atoms with van der Waals surface area (Å²) in [6.45, 7) is 0. The zero-order valence-corrected chi connectivity index (χ0v) is 19.6. The molecular weight excluding hydrogens is 483 g/mol. The third kappa shape index (κ3) is 5.63. The lowest BCUT2D eigenvalue weighted by molar-refractivity contribution is 0.102. The van der Waals surface area contributed by atoms with Crippen LogP contribution in [-0.2, 0) is 0 Å². The van der Waals surface area contributed by atoms with Gasteiger partial charge in [-0.3, -0.25) is 4.79 Å². The molecule has 0 spiro atoms. The minimum atomic E-state index is -0.263. The number of halogens is 2. The molecule has 32 heavy (non-hydrogen) atoms. The van der Waals surface area contributed by atoms with E-state index in [0.717, 1.165) is 21.9 Å². The van der Waals surface area contributed by atoms with Crippen LogP contribution >= 0.6 is 46.8 Å². The van der Waals surface area contributed by atoms with Gasteiger partial charge in [0.15, 0.2) is 5.11 Å². The third-order valence-corrected chi connectivity index (χ3v) is 6.17. The number of carbonyl (C=O) groups is 1. The average Bonchev–Trinajstić information content (AvgIpc) is 3.29. The van der Waals surface area contributed by atoms with Gasteiger partial charge in [0, 0.05) is 28.0 Å². The second-order valence-corrected chi connectivity index (χ2v) is 8.72. The molecule has 4 rings (SSSR count). The summed E-state index contributed by atoms with van der Waals surface area (Å²) in [5.74, 6) is -0.263. The largest absolute Gasteiger partial charge is 0.332 e. The highest BCUT2D eigenvalue weighted by molar-refractivity contribution is 7.80. The van der Waals surface area contributed by atoms with Gasteiger partial charge in [0.1, 0.15) is 10.7 Å². The molecule has 1 heterocycles. The molecule has 160 valence electrons. The minimum Gasteiger partial charge on any atom is -0.332 e. The molecule has 0 fully saturated rings. The monoisotopic (exact) mass is 498 g/mol. The molecule has 0 saturated carbocycles. The van der Waals surface area contributed by atoms with Gasteiger partial charge in [-0.2, -0.15) is 0 Å². The first-order valence-electron chi connectivity index (χ1n) is 9.43. The Labute approximate surface area is 204 Å². The van der Waals surface area contributed by atoms with Gasteiger partial charge in [0.25, 0.3) is 5.91 Å². The Morgan fingerprint density at radius 3 is 2.12 bits per heavy atom. The summed E-state index contributed by atoms with van der Waals surface area (Å²) >= 11 is 18.7. The van der Waals surface area contributed by atoms with Crippen LogP contribution in [0, 0.1) is 0 Å². The van der Waals surface area contributed by atoms with Crippen LogP contribution in [0.2, 0.25) is 10.0 Å². The third-order valence-electron chi connectivity index (χ3n) is 4.34. The first kappa shape index (κ1) is 22.2. The number of rotatable bonds is 5. The quantitative estimate of drug-likeness (QED) is 0.254. The van der Waals surface area contributed by atoms with Crippen molar-refractivity contribution in [3.05, 3.63) is 93.9 Å². The van der Waals surface area contributed by atoms with E-state index in [-0.39, 0.29) is 5.91 Å². The topological polar surface area (TPSA) is 66.1 Å². The Kier molecular flexibility index (Phi) is 7.02. The number of anilines is 3. The van der Waals surface area contributed by atoms with Crippen molar-refractivity contribution in [1.82, 2.24) is 4.98 Å². The molecule has 1 aromatic heterocycles. The number of nitrogens with zero attached hydrogens (tertiary/aromatic N) is 1. The van der Waals surface area contributed by atoms with Crippen molar-refractivity contribution in [3.63, 3.8) is 0 Å². The highest BCUT2D eigenvalue weighted by Gasteiger charge is 2.12. The summed E-state index contributed by atoms with van der Waals surface area (Å²) in [6.07, 6.45) is 0. The first-order valence-corrected chi connectivity index (χ1v) is 11.5. The highest BCUT2D eigenvalue weighted by atomic mass is 35.5. The maximum Gasteiger partial charge on any atom is 0.275 e. The van der Waals surface area contributed by atoms with Crippen LogP contribution in [0.1, 0.15) is 10.5 Å². The van der Waals surface area contributed by atoms with Gasteiger partial charge in [-0.25, -0.2) is 4.98 Å². The van der Waals surface area contributed by atoms with Gasteiger partial charge >= 0.3 is 0 Å². The number of nitrogens with one attached hydrogen (secondary N) is 3. The number of hydrogen-bond acceptors (Lipinski definition) is 4. The Balaban J connectivity index is 1.34. The van der Waals surface area contributed by atoms with Crippen molar-refractivity contribution >= 4 is 74.8 Å². The molecule has 0 aliphatic carbocycles. The lowest BCUT2D eigenvalue weighted by Crippen LogP contribution is -2.19. The fourth-order valence-corrected chi connectivity index (χ4v) is 4.13. The molecule has 0 unspecified atom stereocenters. The number of carbonyl (C=O) groups excluding carboxylic acids is 1. The number of aromatic nitrogens is 1. The summed E-state index contributed by atoms with van der Waals surface area (Å²) in [7, 11) is 0. The summed E-state index contributed by atoms with van der Waals surface area (Å²) < 4.78 is 0. The predicted octanol–water partition coefficient (Wildman–Crippen LogP) is 7.18. The molecule has 9 heteroatoms. The Hall–Kier alpha value is -2.97. The van der Waals surface area contributed by atoms with E-state index in [1.165, 1.54) is 11.3 Å². The normalized spacial score (nSPS) is 10.4. The number of benzene rings is 3. The van der Waals surface area contributed by atoms with Crippen LogP contribution in [0.4, 0.5) is 17.1 Å². The fourth-order valence-electron chi connectivity index (χ4n) is 2.79. The Morgan fingerprint density at radius 2 is 1.44 bits per heavy atom. The van der Waals surface area contributed by atoms with E-state index in [1.807, 2.05) is 42.5 Å². The molecule has 0 aliphatic heterocycles. The maximum absolute atomic E-state index is 12.5. The molecule has 0 aliphatic rings. The van der Waals surface area contributed by atoms with Crippen molar-refractivity contribution < 1.29 is 4.79 Å². The molecule has 1 amide bonds. The van der Waals surface area contributed by atoms with Gasteiger partial charge in [-0.15, -0.1) is 11.3 Å². The lowest BCUT2D eigenvalue weighted by Gasteiger charge is -2.12. The standard InChI is InChI=1S/C23H16Cl2N4OS2/c24-18-11-10-17(12-19(18)25)28-23(31)27-16-8-6-15(7-9-16)26-21(30)20-13-32-22(29-20)14-4-2-1-3-5-14/h1-13H,(H,26,30)(H2,27,28,31). The molecular formula is C23H16Cl2N4OS2. The summed E-state index contributed by atoms with van der Waals surface area (Å²) in [6, 6.07) is 22.1. The predicted molar refractivity (Wildman–Crippen MR) is 138 cm³/mol. The van der Waals surface area contributed by atoms with Crippen molar-refractivity contribution in [1.29, 1.82) is 0 Å². The van der Waals surface area contributed by atoms with E-state index in [2.05, 4.69) is 20.9 Å². The number of amides is 1. The van der Waals surface area contributed by atoms with Crippen LogP contribution in [-0.4, -0.2) is 16.0 Å². The van der Waals surface area contributed by atoms with E-state index in [1.54, 1.807) is 35.7 Å². The van der Waals surface area contributed by atoms with Crippen LogP contribution < -0.4 is 16.0 Å². The average molecular weight is 499 g/mol. The lowest BCUT2D eigenvalue weighted by atomic mass is 10.2. The van der Waals surface area contributed by atoms with Crippen molar-refractivity contribution in [2.45, 2.75) is 0 Å². The zero-order chi connectivity index (χ0) is 22.5. The minimum absolute atomic E-state index is 0.263. The van der Waals surface area contributed by atoms with Crippen LogP contribution in [0.15, 0.2) is 78.2 Å². The van der Waals surface area contributed by atoms with Crippen molar-refractivity contribution in [3.8, 4) is 10.6 Å². The second kappa shape index (κ2) is 10.1. The molecule has 0 bridgehead atoms. The zero-order valence-electron chi connectivity index (χ0n) is 16.4. The maximum atomic E-state index is 12.5. The molecule has 3 N–H and O–H groups in total. The van der Waals surface area contributed by atoms with Gasteiger partial charge in [0.2, 0.25) is 0 Å². The SMILES string of the molecule is O=C(Nc1ccc(NC(=S)Nc2ccc(Cl)c(Cl)c2)cc1)c1csc(-c2ccccc2)n1. The van der Waals surface area contributed by atoms with Crippen LogP contribution in [0.25, 0.3) is 10.6 Å². The Morgan fingerprint density at radius 1 is 0.812 bits per heavy atom. The number of thiocarbonyl (C=S) groups is 1. The summed E-state index contributed by atoms with van der Waals surface area (Å²) in [5.41, 5.74) is 3.50. The summed E-state index contributed by atoms with van der Waals surface area (Å²) in [5, 5.41) is 12.8. The number of hydrogen-bond donors (Lipinski definition) is 3. The van der Waals surface area contributed by atoms with E-state index < -0.39 is 0 Å². The fraction of sp³-hybridized carbons (Fsp3) is 0.